The van der Waals surface area contributed by atoms with E-state index in [1.807, 2.05) is 0 Å². The normalized spacial score (nSPS) is 22.3. The molecule has 3 N–H and O–H groups in total. The summed E-state index contributed by atoms with van der Waals surface area (Å²) >= 11 is 0. The van der Waals surface area contributed by atoms with Crippen molar-refractivity contribution in [2.24, 2.45) is 5.73 Å². The summed E-state index contributed by atoms with van der Waals surface area (Å²) in [6.07, 6.45) is 0.797. The molecule has 106 valence electrons. The van der Waals surface area contributed by atoms with Crippen molar-refractivity contribution in [2.45, 2.75) is 37.8 Å². The van der Waals surface area contributed by atoms with Crippen molar-refractivity contribution in [1.82, 2.24) is 5.32 Å². The summed E-state index contributed by atoms with van der Waals surface area (Å²) in [5.74, 6) is -1.54. The third-order valence-corrected chi connectivity index (χ3v) is 3.01. The second-order valence-corrected chi connectivity index (χ2v) is 4.83. The Morgan fingerprint density at radius 2 is 2.05 bits per heavy atom. The summed E-state index contributed by atoms with van der Waals surface area (Å²) in [7, 11) is 0. The molecule has 1 aliphatic carbocycles. The molecule has 6 heteroatoms. The standard InChI is InChI=1S/C13H16F2N2O.ClH/c1-7(16)5-12(18)17-11-6-8(11)13-9(14)3-2-4-10(13)15;/h2-4,7-8,11H,5-6,16H2,1H3,(H,17,18);1H. The van der Waals surface area contributed by atoms with Crippen molar-refractivity contribution in [2.75, 3.05) is 0 Å². The first-order valence-corrected chi connectivity index (χ1v) is 5.98. The summed E-state index contributed by atoms with van der Waals surface area (Å²) < 4.78 is 27.0. The number of nitrogens with one attached hydrogen (secondary N) is 1. The second-order valence-electron chi connectivity index (χ2n) is 4.83. The molecule has 19 heavy (non-hydrogen) atoms. The Labute approximate surface area is 117 Å². The lowest BCUT2D eigenvalue weighted by Crippen LogP contribution is -2.32. The third-order valence-electron chi connectivity index (χ3n) is 3.01. The van der Waals surface area contributed by atoms with Gasteiger partial charge < -0.3 is 11.1 Å². The second kappa shape index (κ2) is 6.30. The predicted molar refractivity (Wildman–Crippen MR) is 71.2 cm³/mol. The lowest BCUT2D eigenvalue weighted by molar-refractivity contribution is -0.121. The molecule has 2 rings (SSSR count). The van der Waals surface area contributed by atoms with Crippen molar-refractivity contribution in [1.29, 1.82) is 0 Å². The molecule has 1 aromatic rings. The van der Waals surface area contributed by atoms with E-state index >= 15 is 0 Å². The van der Waals surface area contributed by atoms with Gasteiger partial charge in [0.2, 0.25) is 5.91 Å². The van der Waals surface area contributed by atoms with Crippen LogP contribution in [0.4, 0.5) is 8.78 Å². The van der Waals surface area contributed by atoms with Crippen LogP contribution in [0.1, 0.15) is 31.2 Å². The molecule has 1 saturated carbocycles. The maximum atomic E-state index is 13.5. The number of nitrogens with two attached hydrogens (primary N) is 1. The Morgan fingerprint density at radius 3 is 2.58 bits per heavy atom. The molecule has 1 amide bonds. The molecule has 3 unspecified atom stereocenters. The SMILES string of the molecule is CC(N)CC(=O)NC1CC1c1c(F)cccc1F.Cl. The van der Waals surface area contributed by atoms with Crippen LogP contribution in [0.25, 0.3) is 0 Å². The Morgan fingerprint density at radius 1 is 1.47 bits per heavy atom. The zero-order chi connectivity index (χ0) is 13.3. The topological polar surface area (TPSA) is 55.1 Å². The molecule has 1 fully saturated rings. The van der Waals surface area contributed by atoms with Crippen molar-refractivity contribution in [3.05, 3.63) is 35.4 Å². The van der Waals surface area contributed by atoms with Gasteiger partial charge in [0.25, 0.3) is 0 Å². The van der Waals surface area contributed by atoms with Gasteiger partial charge in [-0.05, 0) is 25.5 Å². The largest absolute Gasteiger partial charge is 0.353 e. The van der Waals surface area contributed by atoms with Crippen LogP contribution in [0.2, 0.25) is 0 Å². The van der Waals surface area contributed by atoms with Gasteiger partial charge in [-0.15, -0.1) is 12.4 Å². The van der Waals surface area contributed by atoms with Gasteiger partial charge in [-0.1, -0.05) is 6.07 Å². The third kappa shape index (κ3) is 3.88. The van der Waals surface area contributed by atoms with E-state index in [-0.39, 0.29) is 48.3 Å². The number of hydrogen-bond donors (Lipinski definition) is 2. The van der Waals surface area contributed by atoms with Crippen LogP contribution in [-0.2, 0) is 4.79 Å². The van der Waals surface area contributed by atoms with Gasteiger partial charge in [0.05, 0.1) is 0 Å². The molecule has 3 atom stereocenters. The van der Waals surface area contributed by atoms with Gasteiger partial charge in [0, 0.05) is 30.0 Å². The monoisotopic (exact) mass is 290 g/mol. The van der Waals surface area contributed by atoms with E-state index in [9.17, 15) is 13.6 Å². The van der Waals surface area contributed by atoms with Crippen LogP contribution in [0.3, 0.4) is 0 Å². The highest BCUT2D eigenvalue weighted by Gasteiger charge is 2.42. The summed E-state index contributed by atoms with van der Waals surface area (Å²) in [4.78, 5) is 11.5. The average molecular weight is 291 g/mol. The van der Waals surface area contributed by atoms with Crippen molar-refractivity contribution >= 4 is 18.3 Å². The van der Waals surface area contributed by atoms with Gasteiger partial charge in [-0.2, -0.15) is 0 Å². The van der Waals surface area contributed by atoms with Crippen LogP contribution in [0.5, 0.6) is 0 Å². The summed E-state index contributed by atoms with van der Waals surface area (Å²) in [5.41, 5.74) is 5.58. The van der Waals surface area contributed by atoms with Crippen LogP contribution < -0.4 is 11.1 Å². The molecule has 0 bridgehead atoms. The maximum absolute atomic E-state index is 13.5. The fourth-order valence-electron chi connectivity index (χ4n) is 2.10. The van der Waals surface area contributed by atoms with E-state index in [2.05, 4.69) is 5.32 Å². The number of carbonyl (C=O) groups is 1. The number of rotatable bonds is 4. The van der Waals surface area contributed by atoms with Gasteiger partial charge in [0.1, 0.15) is 11.6 Å². The number of hydrogen-bond acceptors (Lipinski definition) is 2. The average Bonchev–Trinajstić information content (AvgIpc) is 2.95. The molecule has 0 heterocycles. The maximum Gasteiger partial charge on any atom is 0.221 e. The smallest absolute Gasteiger partial charge is 0.221 e. The molecule has 3 nitrogen and oxygen atoms in total. The molecular formula is C13H17ClF2N2O. The van der Waals surface area contributed by atoms with E-state index in [1.54, 1.807) is 6.92 Å². The van der Waals surface area contributed by atoms with E-state index in [0.717, 1.165) is 0 Å². The van der Waals surface area contributed by atoms with E-state index in [0.29, 0.717) is 6.42 Å². The first-order valence-electron chi connectivity index (χ1n) is 5.98. The molecular weight excluding hydrogens is 274 g/mol. The van der Waals surface area contributed by atoms with E-state index in [1.165, 1.54) is 18.2 Å². The zero-order valence-corrected chi connectivity index (χ0v) is 11.3. The lowest BCUT2D eigenvalue weighted by Gasteiger charge is -2.08. The summed E-state index contributed by atoms with van der Waals surface area (Å²) in [6, 6.07) is 3.41. The van der Waals surface area contributed by atoms with E-state index < -0.39 is 11.6 Å². The van der Waals surface area contributed by atoms with Crippen molar-refractivity contribution in [3.8, 4) is 0 Å². The Kier molecular flexibility index (Phi) is 5.26. The molecule has 0 radical (unpaired) electrons. The lowest BCUT2D eigenvalue weighted by atomic mass is 10.1. The minimum absolute atomic E-state index is 0. The zero-order valence-electron chi connectivity index (χ0n) is 10.5. The number of benzene rings is 1. The van der Waals surface area contributed by atoms with Gasteiger partial charge >= 0.3 is 0 Å². The highest BCUT2D eigenvalue weighted by Crippen LogP contribution is 2.43. The molecule has 0 spiro atoms. The van der Waals surface area contributed by atoms with Crippen molar-refractivity contribution in [3.63, 3.8) is 0 Å². The van der Waals surface area contributed by atoms with Gasteiger partial charge in [0.15, 0.2) is 0 Å². The van der Waals surface area contributed by atoms with Crippen LogP contribution in [0, 0.1) is 11.6 Å². The Balaban J connectivity index is 0.00000180. The minimum atomic E-state index is -0.552. The first-order chi connectivity index (χ1) is 8.49. The Bertz CT molecular complexity index is 448. The minimum Gasteiger partial charge on any atom is -0.353 e. The quantitative estimate of drug-likeness (QED) is 0.892. The molecule has 1 aromatic carbocycles. The molecule has 0 saturated heterocycles. The Hall–Kier alpha value is -1.20. The van der Waals surface area contributed by atoms with Crippen LogP contribution in [0.15, 0.2) is 18.2 Å². The van der Waals surface area contributed by atoms with Crippen LogP contribution in [-0.4, -0.2) is 18.0 Å². The number of carbonyl (C=O) groups excluding carboxylic acids is 1. The van der Waals surface area contributed by atoms with Crippen molar-refractivity contribution < 1.29 is 13.6 Å². The molecule has 0 aromatic heterocycles. The molecule has 1 aliphatic rings. The van der Waals surface area contributed by atoms with Crippen LogP contribution >= 0.6 is 12.4 Å². The molecule has 0 aliphatic heterocycles. The highest BCUT2D eigenvalue weighted by atomic mass is 35.5. The van der Waals surface area contributed by atoms with E-state index in [4.69, 9.17) is 5.73 Å². The predicted octanol–water partition coefficient (Wildman–Crippen LogP) is 2.10. The highest BCUT2D eigenvalue weighted by molar-refractivity contribution is 5.85. The fraction of sp³-hybridized carbons (Fsp3) is 0.462. The number of halogens is 3. The summed E-state index contributed by atoms with van der Waals surface area (Å²) in [6.45, 7) is 1.74. The van der Waals surface area contributed by atoms with Gasteiger partial charge in [-0.25, -0.2) is 8.78 Å². The fourth-order valence-corrected chi connectivity index (χ4v) is 2.10. The van der Waals surface area contributed by atoms with Gasteiger partial charge in [-0.3, -0.25) is 4.79 Å². The summed E-state index contributed by atoms with van der Waals surface area (Å²) in [5, 5.41) is 2.74. The first kappa shape index (κ1) is 15.9. The number of amides is 1.